The Bertz CT molecular complexity index is 1460. The largest absolute Gasteiger partial charge is 0.381 e. The van der Waals surface area contributed by atoms with E-state index < -0.39 is 0 Å². The zero-order chi connectivity index (χ0) is 32.6. The van der Waals surface area contributed by atoms with E-state index in [4.69, 9.17) is 4.74 Å². The maximum Gasteiger partial charge on any atom is 0.253 e. The van der Waals surface area contributed by atoms with E-state index in [9.17, 15) is 14.0 Å². The average Bonchev–Trinajstić information content (AvgIpc) is 3.62. The van der Waals surface area contributed by atoms with Gasteiger partial charge in [-0.05, 0) is 60.5 Å². The summed E-state index contributed by atoms with van der Waals surface area (Å²) < 4.78 is 21.2. The summed E-state index contributed by atoms with van der Waals surface area (Å²) in [4.78, 5) is 29.8. The lowest BCUT2D eigenvalue weighted by Crippen LogP contribution is -2.32. The van der Waals surface area contributed by atoms with Crippen molar-refractivity contribution in [3.8, 4) is 11.3 Å². The van der Waals surface area contributed by atoms with E-state index in [-0.39, 0.29) is 30.1 Å². The number of carbonyl (C=O) groups is 2. The molecule has 0 fully saturated rings. The first-order valence-corrected chi connectivity index (χ1v) is 17.0. The molecular weight excluding hydrogens is 596 g/mol. The van der Waals surface area contributed by atoms with Crippen LogP contribution in [0.3, 0.4) is 0 Å². The van der Waals surface area contributed by atoms with Gasteiger partial charge in [0.15, 0.2) is 5.13 Å². The Kier molecular flexibility index (Phi) is 16.2. The van der Waals surface area contributed by atoms with E-state index in [1.54, 1.807) is 23.5 Å². The highest BCUT2D eigenvalue weighted by Gasteiger charge is 2.17. The van der Waals surface area contributed by atoms with E-state index in [1.165, 1.54) is 23.5 Å². The van der Waals surface area contributed by atoms with Crippen molar-refractivity contribution < 1.29 is 18.7 Å². The maximum atomic E-state index is 14.0. The topological polar surface area (TPSA) is 85.3 Å². The minimum Gasteiger partial charge on any atom is -0.381 e. The molecule has 7 nitrogen and oxygen atoms in total. The first-order valence-electron chi connectivity index (χ1n) is 15.3. The molecule has 0 atom stereocenters. The van der Waals surface area contributed by atoms with Gasteiger partial charge in [0.1, 0.15) is 5.82 Å². The Morgan fingerprint density at radius 1 is 1.05 bits per heavy atom. The summed E-state index contributed by atoms with van der Waals surface area (Å²) in [5, 5.41) is 8.75. The molecule has 2 amide bonds. The van der Waals surface area contributed by atoms with Crippen molar-refractivity contribution in [2.24, 2.45) is 0 Å². The second-order valence-electron chi connectivity index (χ2n) is 10.3. The molecule has 2 heterocycles. The number of carbonyl (C=O) groups excluding carboxylic acids is 2. The predicted octanol–water partition coefficient (Wildman–Crippen LogP) is 9.15. The highest BCUT2D eigenvalue weighted by Crippen LogP contribution is 2.29. The molecule has 2 aromatic heterocycles. The quantitative estimate of drug-likeness (QED) is 0.151. The van der Waals surface area contributed by atoms with Crippen LogP contribution in [0.2, 0.25) is 0 Å². The highest BCUT2D eigenvalue weighted by molar-refractivity contribution is 7.98. The minimum absolute atomic E-state index is 0.184. The maximum absolute atomic E-state index is 14.0. The van der Waals surface area contributed by atoms with Gasteiger partial charge in [-0.15, -0.1) is 11.3 Å². The number of aromatic nitrogens is 2. The fraction of sp³-hybridized carbons (Fsp3) is 0.441. The summed E-state index contributed by atoms with van der Waals surface area (Å²) in [5.41, 5.74) is 3.61. The molecule has 0 saturated heterocycles. The van der Waals surface area contributed by atoms with Crippen molar-refractivity contribution in [2.45, 2.75) is 79.4 Å². The van der Waals surface area contributed by atoms with Crippen LogP contribution in [0.4, 0.5) is 9.52 Å². The summed E-state index contributed by atoms with van der Waals surface area (Å²) in [6.07, 6.45) is 4.08. The lowest BCUT2D eigenvalue weighted by Gasteiger charge is -2.07. The molecule has 4 aromatic rings. The number of thiazole rings is 1. The number of para-hydroxylation sites is 1. The summed E-state index contributed by atoms with van der Waals surface area (Å²) in [7, 11) is 0. The van der Waals surface area contributed by atoms with Crippen LogP contribution in [0.5, 0.6) is 0 Å². The molecule has 0 aliphatic carbocycles. The van der Waals surface area contributed by atoms with Gasteiger partial charge in [-0.3, -0.25) is 13.6 Å². The van der Waals surface area contributed by atoms with Crippen molar-refractivity contribution >= 4 is 51.1 Å². The molecule has 0 unspecified atom stereocenters. The van der Waals surface area contributed by atoms with Crippen molar-refractivity contribution in [3.63, 3.8) is 0 Å². The number of hydrogen-bond acceptors (Lipinski definition) is 6. The van der Waals surface area contributed by atoms with Crippen molar-refractivity contribution in [1.82, 2.24) is 14.3 Å². The number of nitrogens with one attached hydrogen (secondary N) is 2. The first kappa shape index (κ1) is 37.0. The van der Waals surface area contributed by atoms with Crippen LogP contribution in [0, 0.1) is 5.82 Å². The molecule has 2 aromatic carbocycles. The van der Waals surface area contributed by atoms with Crippen molar-refractivity contribution in [1.29, 1.82) is 0 Å². The number of nitrogens with zero attached hydrogens (tertiary/aromatic N) is 2. The number of hydrogen-bond donors (Lipinski definition) is 2. The van der Waals surface area contributed by atoms with Crippen LogP contribution in [-0.4, -0.2) is 45.8 Å². The molecule has 0 bridgehead atoms. The Labute approximate surface area is 270 Å². The van der Waals surface area contributed by atoms with Crippen LogP contribution >= 0.6 is 23.3 Å². The van der Waals surface area contributed by atoms with Gasteiger partial charge in [-0.1, -0.05) is 73.6 Å². The second-order valence-corrected chi connectivity index (χ2v) is 12.8. The van der Waals surface area contributed by atoms with E-state index in [0.29, 0.717) is 27.2 Å². The van der Waals surface area contributed by atoms with Gasteiger partial charge in [0.25, 0.3) is 5.91 Å². The molecule has 10 heteroatoms. The normalized spacial score (nSPS) is 10.7. The van der Waals surface area contributed by atoms with E-state index >= 15 is 0 Å². The third-order valence-electron chi connectivity index (χ3n) is 5.99. The SMILES string of the molecule is CC.CC(C)Sn1cc(C(=O)NCC(=O)Nc2nc(-c3cc(F)cc(C(C)C)c3)cs2)c2ccccc21.CCCOCCC. The van der Waals surface area contributed by atoms with Gasteiger partial charge in [-0.2, -0.15) is 0 Å². The number of halogens is 1. The fourth-order valence-corrected chi connectivity index (χ4v) is 5.64. The van der Waals surface area contributed by atoms with E-state index in [2.05, 4.69) is 43.3 Å². The number of fused-ring (bicyclic) bond motifs is 1. The van der Waals surface area contributed by atoms with Crippen LogP contribution in [0.1, 0.15) is 90.1 Å². The number of amides is 2. The van der Waals surface area contributed by atoms with Gasteiger partial charge >= 0.3 is 0 Å². The Morgan fingerprint density at radius 3 is 2.36 bits per heavy atom. The summed E-state index contributed by atoms with van der Waals surface area (Å²) in [6, 6.07) is 12.5. The molecule has 0 aliphatic heterocycles. The van der Waals surface area contributed by atoms with Gasteiger partial charge in [0, 0.05) is 41.0 Å². The molecule has 0 spiro atoms. The van der Waals surface area contributed by atoms with Gasteiger partial charge in [0.05, 0.1) is 23.3 Å². The van der Waals surface area contributed by atoms with Gasteiger partial charge in [0.2, 0.25) is 5.91 Å². The van der Waals surface area contributed by atoms with E-state index in [1.807, 2.05) is 62.0 Å². The Balaban J connectivity index is 0.000000661. The Morgan fingerprint density at radius 2 is 1.73 bits per heavy atom. The molecule has 0 saturated carbocycles. The summed E-state index contributed by atoms with van der Waals surface area (Å²) >= 11 is 2.87. The third kappa shape index (κ3) is 11.4. The zero-order valence-electron chi connectivity index (χ0n) is 27.2. The highest BCUT2D eigenvalue weighted by atomic mass is 32.2. The number of ether oxygens (including phenoxy) is 1. The molecular formula is C34H47FN4O3S2. The molecule has 0 radical (unpaired) electrons. The monoisotopic (exact) mass is 642 g/mol. The molecule has 4 rings (SSSR count). The standard InChI is InChI=1S/C26H27FN4O2S2.C6H14O.C2H6/c1-15(2)17-9-18(11-19(27)10-17)22-14-34-26(29-22)30-24(32)12-28-25(33)21-13-31(35-16(3)4)23-8-6-5-7-20(21)23;1-3-5-7-6-4-2;1-2/h5-11,13-16H,12H2,1-4H3,(H,28,33)(H,29,30,32);3-6H2,1-2H3;1-2H3. The van der Waals surface area contributed by atoms with Gasteiger partial charge < -0.3 is 15.4 Å². The fourth-order valence-electron chi connectivity index (χ4n) is 4.01. The predicted molar refractivity (Wildman–Crippen MR) is 185 cm³/mol. The molecule has 0 aliphatic rings. The van der Waals surface area contributed by atoms with Crippen LogP contribution in [-0.2, 0) is 9.53 Å². The number of anilines is 1. The smallest absolute Gasteiger partial charge is 0.253 e. The van der Waals surface area contributed by atoms with Crippen LogP contribution in [0.25, 0.3) is 22.2 Å². The van der Waals surface area contributed by atoms with Crippen molar-refractivity contribution in [2.75, 3.05) is 25.1 Å². The molecule has 44 heavy (non-hydrogen) atoms. The first-order chi connectivity index (χ1) is 21.1. The van der Waals surface area contributed by atoms with Crippen molar-refractivity contribution in [3.05, 3.63) is 71.0 Å². The van der Waals surface area contributed by atoms with Crippen LogP contribution < -0.4 is 10.6 Å². The minimum atomic E-state index is -0.387. The lowest BCUT2D eigenvalue weighted by molar-refractivity contribution is -0.115. The Hall–Kier alpha value is -3.21. The third-order valence-corrected chi connectivity index (χ3v) is 7.70. The molecule has 240 valence electrons. The van der Waals surface area contributed by atoms with Gasteiger partial charge in [-0.25, -0.2) is 9.37 Å². The summed E-state index contributed by atoms with van der Waals surface area (Å²) in [5.74, 6) is -0.841. The zero-order valence-corrected chi connectivity index (χ0v) is 28.8. The number of rotatable bonds is 12. The average molecular weight is 643 g/mol. The molecule has 2 N–H and O–H groups in total. The van der Waals surface area contributed by atoms with E-state index in [0.717, 1.165) is 42.5 Å². The van der Waals surface area contributed by atoms with Crippen LogP contribution in [0.15, 0.2) is 54.0 Å². The second kappa shape index (κ2) is 19.2. The lowest BCUT2D eigenvalue weighted by atomic mass is 10.00. The summed E-state index contributed by atoms with van der Waals surface area (Å²) in [6.45, 7) is 18.1. The number of benzene rings is 2.